The van der Waals surface area contributed by atoms with Crippen LogP contribution in [-0.2, 0) is 26.3 Å². The van der Waals surface area contributed by atoms with Crippen molar-refractivity contribution in [3.63, 3.8) is 0 Å². The van der Waals surface area contributed by atoms with Crippen molar-refractivity contribution in [2.45, 2.75) is 17.2 Å². The molecule has 0 aliphatic rings. The molecule has 0 saturated heterocycles. The molecule has 0 amide bonds. The minimum Gasteiger partial charge on any atom is -0.507 e. The Morgan fingerprint density at radius 3 is 1.57 bits per heavy atom. The van der Waals surface area contributed by atoms with E-state index in [4.69, 9.17) is 9.79 Å². The molecule has 180 valence electrons. The van der Waals surface area contributed by atoms with Crippen LogP contribution in [0.4, 0.5) is 8.78 Å². The SMILES string of the molecule is O=P(O)(O)c1cc(-c2ccc(CSCc3ccc(C(F)(F)P(=O)(O)O)cc3)cc2)ccc1O.[Na].[Na].[Na].[Na]. The Hall–Kier alpha value is 1.97. The van der Waals surface area contributed by atoms with Crippen LogP contribution in [0.5, 0.6) is 5.75 Å². The molecule has 0 aliphatic carbocycles. The van der Waals surface area contributed by atoms with Crippen molar-refractivity contribution in [1.29, 1.82) is 0 Å². The normalized spacial score (nSPS) is 11.3. The first-order valence-electron chi connectivity index (χ1n) is 9.38. The van der Waals surface area contributed by atoms with E-state index in [-0.39, 0.29) is 118 Å². The van der Waals surface area contributed by atoms with Crippen LogP contribution in [0.25, 0.3) is 11.1 Å². The minimum atomic E-state index is -5.60. The molecule has 0 fully saturated rings. The number of phenolic OH excluding ortho intramolecular Hbond substituents is 1. The second kappa shape index (κ2) is 17.2. The molecule has 5 N–H and O–H groups in total. The van der Waals surface area contributed by atoms with Gasteiger partial charge in [-0.3, -0.25) is 9.13 Å². The zero-order valence-corrected chi connectivity index (χ0v) is 31.5. The van der Waals surface area contributed by atoms with Gasteiger partial charge in [0.05, 0.1) is 0 Å². The van der Waals surface area contributed by atoms with Gasteiger partial charge in [0.25, 0.3) is 0 Å². The summed E-state index contributed by atoms with van der Waals surface area (Å²) in [7, 11) is -10.2. The fraction of sp³-hybridized carbons (Fsp3) is 0.143. The monoisotopic (exact) mass is 608 g/mol. The van der Waals surface area contributed by atoms with Crippen molar-refractivity contribution >= 4 is 150 Å². The van der Waals surface area contributed by atoms with E-state index in [1.54, 1.807) is 18.2 Å². The predicted octanol–water partition coefficient (Wildman–Crippen LogP) is 3.00. The number of thioether (sulfide) groups is 1. The Labute approximate surface area is 306 Å². The molecule has 16 heteroatoms. The van der Waals surface area contributed by atoms with Gasteiger partial charge in [0, 0.05) is 135 Å². The Bertz CT molecular complexity index is 1240. The maximum Gasteiger partial charge on any atom is 0.399 e. The summed E-state index contributed by atoms with van der Waals surface area (Å²) in [5.74, 6) is 0.621. The van der Waals surface area contributed by atoms with Crippen LogP contribution in [0.2, 0.25) is 0 Å². The molecule has 7 nitrogen and oxygen atoms in total. The third kappa shape index (κ3) is 11.3. The van der Waals surface area contributed by atoms with Crippen LogP contribution < -0.4 is 5.30 Å². The zero-order valence-electron chi connectivity index (χ0n) is 20.9. The van der Waals surface area contributed by atoms with Gasteiger partial charge in [-0.1, -0.05) is 54.6 Å². The van der Waals surface area contributed by atoms with Crippen molar-refractivity contribution in [2.24, 2.45) is 0 Å². The average molecular weight is 608 g/mol. The first kappa shape index (κ1) is 41.1. The summed E-state index contributed by atoms with van der Waals surface area (Å²) < 4.78 is 49.9. The van der Waals surface area contributed by atoms with E-state index in [1.165, 1.54) is 36.0 Å². The van der Waals surface area contributed by atoms with Crippen molar-refractivity contribution in [3.8, 4) is 16.9 Å². The van der Waals surface area contributed by atoms with Crippen LogP contribution in [0, 0.1) is 0 Å². The molecule has 0 bridgehead atoms. The van der Waals surface area contributed by atoms with Crippen molar-refractivity contribution in [1.82, 2.24) is 0 Å². The molecule has 37 heavy (non-hydrogen) atoms. The Morgan fingerprint density at radius 1 is 0.703 bits per heavy atom. The van der Waals surface area contributed by atoms with Crippen LogP contribution in [0.15, 0.2) is 66.7 Å². The van der Waals surface area contributed by atoms with E-state index >= 15 is 0 Å². The summed E-state index contributed by atoms with van der Waals surface area (Å²) in [4.78, 5) is 36.3. The standard InChI is InChI=1S/C21H20F2O7P2S.4Na/c22-21(23,32(28,29)30)18-8-3-15(4-9-18)13-33-12-14-1-5-16(6-2-14)17-7-10-19(24)20(11-17)31(25,26)27;;;;/h1-11,24H,12-13H2,(H2,25,26,27)(H2,28,29,30);;;;. The number of hydrogen-bond acceptors (Lipinski definition) is 4. The Morgan fingerprint density at radius 2 is 1.14 bits per heavy atom. The fourth-order valence-electron chi connectivity index (χ4n) is 2.99. The van der Waals surface area contributed by atoms with Gasteiger partial charge in [-0.15, -0.1) is 0 Å². The van der Waals surface area contributed by atoms with Gasteiger partial charge in [0.15, 0.2) is 0 Å². The van der Waals surface area contributed by atoms with Gasteiger partial charge in [0.2, 0.25) is 0 Å². The largest absolute Gasteiger partial charge is 0.507 e. The second-order valence-electron chi connectivity index (χ2n) is 7.22. The molecule has 0 heterocycles. The number of alkyl halides is 2. The molecule has 0 atom stereocenters. The van der Waals surface area contributed by atoms with E-state index in [0.717, 1.165) is 23.3 Å². The van der Waals surface area contributed by atoms with E-state index in [0.29, 0.717) is 22.6 Å². The Balaban J connectivity index is 0. The predicted molar refractivity (Wildman–Crippen MR) is 146 cm³/mol. The first-order valence-corrected chi connectivity index (χ1v) is 13.8. The van der Waals surface area contributed by atoms with Crippen LogP contribution >= 0.6 is 27.0 Å². The van der Waals surface area contributed by atoms with Crippen LogP contribution in [0.3, 0.4) is 0 Å². The van der Waals surface area contributed by atoms with Gasteiger partial charge in [-0.05, 0) is 34.4 Å². The number of aromatic hydroxyl groups is 1. The minimum absolute atomic E-state index is 0. The average Bonchev–Trinajstić information content (AvgIpc) is 2.73. The summed E-state index contributed by atoms with van der Waals surface area (Å²) in [5, 5.41) is 9.24. The molecule has 0 saturated carbocycles. The number of benzene rings is 3. The molecule has 0 spiro atoms. The van der Waals surface area contributed by atoms with Gasteiger partial charge in [-0.25, -0.2) is 0 Å². The fourth-order valence-corrected chi connectivity index (χ4v) is 5.11. The van der Waals surface area contributed by atoms with E-state index in [2.05, 4.69) is 0 Å². The molecular formula is C21H20F2Na4O7P2S. The van der Waals surface area contributed by atoms with E-state index < -0.39 is 37.5 Å². The summed E-state index contributed by atoms with van der Waals surface area (Å²) in [6.45, 7) is 0. The molecule has 3 aromatic rings. The molecular weight excluding hydrogens is 588 g/mol. The maximum atomic E-state index is 13.7. The van der Waals surface area contributed by atoms with Crippen molar-refractivity contribution < 1.29 is 42.6 Å². The number of hydrogen-bond donors (Lipinski definition) is 5. The molecule has 4 radical (unpaired) electrons. The van der Waals surface area contributed by atoms with Gasteiger partial charge in [0.1, 0.15) is 11.1 Å². The summed E-state index contributed by atoms with van der Waals surface area (Å²) in [5.41, 5.74) is -2.04. The maximum absolute atomic E-state index is 13.7. The summed E-state index contributed by atoms with van der Waals surface area (Å²) in [6, 6.07) is 16.1. The molecule has 3 aromatic carbocycles. The number of rotatable bonds is 8. The number of halogens is 2. The van der Waals surface area contributed by atoms with Gasteiger partial charge in [-0.2, -0.15) is 20.5 Å². The Kier molecular flexibility index (Phi) is 19.1. The van der Waals surface area contributed by atoms with E-state index in [1.807, 2.05) is 12.1 Å². The van der Waals surface area contributed by atoms with Crippen LogP contribution in [-0.4, -0.2) is 143 Å². The molecule has 0 unspecified atom stereocenters. The first-order chi connectivity index (χ1) is 15.3. The topological polar surface area (TPSA) is 135 Å². The van der Waals surface area contributed by atoms with Gasteiger partial charge < -0.3 is 24.7 Å². The van der Waals surface area contributed by atoms with Crippen molar-refractivity contribution in [3.05, 3.63) is 83.4 Å². The van der Waals surface area contributed by atoms with Gasteiger partial charge >= 0.3 is 20.9 Å². The third-order valence-corrected chi connectivity index (χ3v) is 7.83. The molecule has 3 rings (SSSR count). The van der Waals surface area contributed by atoms with Crippen LogP contribution in [0.1, 0.15) is 16.7 Å². The van der Waals surface area contributed by atoms with Crippen molar-refractivity contribution in [2.75, 3.05) is 0 Å². The zero-order chi connectivity index (χ0) is 24.4. The summed E-state index contributed by atoms with van der Waals surface area (Å²) >= 11 is 1.51. The number of phenols is 1. The third-order valence-electron chi connectivity index (χ3n) is 4.78. The molecule has 0 aromatic heterocycles. The van der Waals surface area contributed by atoms with E-state index in [9.17, 15) is 32.8 Å². The summed E-state index contributed by atoms with van der Waals surface area (Å²) in [6.07, 6.45) is 0. The second-order valence-corrected chi connectivity index (χ2v) is 11.4. The molecule has 0 aliphatic heterocycles. The quantitative estimate of drug-likeness (QED) is 0.195. The smallest absolute Gasteiger partial charge is 0.399 e.